The number of ketones is 1. The summed E-state index contributed by atoms with van der Waals surface area (Å²) in [5.74, 6) is 1.86. The quantitative estimate of drug-likeness (QED) is 0.662. The first-order valence-corrected chi connectivity index (χ1v) is 9.75. The first-order valence-electron chi connectivity index (χ1n) is 9.75. The zero-order chi connectivity index (χ0) is 20.5. The Kier molecular flexibility index (Phi) is 5.19. The molecular weight excluding hydrogens is 370 g/mol. The Balaban J connectivity index is 1.89. The summed E-state index contributed by atoms with van der Waals surface area (Å²) in [6.45, 7) is 4.79. The van der Waals surface area contributed by atoms with Gasteiger partial charge in [-0.05, 0) is 38.7 Å². The minimum Gasteiger partial charge on any atom is -0.496 e. The summed E-state index contributed by atoms with van der Waals surface area (Å²) < 4.78 is 13.1. The molecule has 0 radical (unpaired) electrons. The van der Waals surface area contributed by atoms with Crippen LogP contribution >= 0.6 is 0 Å². The predicted octanol–water partition coefficient (Wildman–Crippen LogP) is 2.53. The van der Waals surface area contributed by atoms with E-state index in [1.54, 1.807) is 20.2 Å². The number of allylic oxidation sites excluding steroid dienone is 2. The van der Waals surface area contributed by atoms with Crippen molar-refractivity contribution in [1.82, 2.24) is 19.6 Å². The van der Waals surface area contributed by atoms with Gasteiger partial charge in [0, 0.05) is 42.5 Å². The first-order chi connectivity index (χ1) is 14.0. The molecule has 0 atom stereocenters. The molecule has 29 heavy (non-hydrogen) atoms. The fourth-order valence-electron chi connectivity index (χ4n) is 4.03. The third-order valence-electron chi connectivity index (χ3n) is 5.44. The Hall–Kier alpha value is -3.00. The lowest BCUT2D eigenvalue weighted by atomic mass is 9.96. The Bertz CT molecular complexity index is 1110. The van der Waals surface area contributed by atoms with Gasteiger partial charge in [-0.15, -0.1) is 10.2 Å². The minimum absolute atomic E-state index is 0.117. The Morgan fingerprint density at radius 1 is 1.28 bits per heavy atom. The maximum atomic E-state index is 12.2. The normalized spacial score (nSPS) is 16.2. The highest BCUT2D eigenvalue weighted by atomic mass is 16.5. The van der Waals surface area contributed by atoms with Gasteiger partial charge in [-0.25, -0.2) is 0 Å². The Morgan fingerprint density at radius 2 is 2.03 bits per heavy atom. The van der Waals surface area contributed by atoms with Crippen LogP contribution in [0.4, 0.5) is 0 Å². The molecule has 4 rings (SSSR count). The Morgan fingerprint density at radius 3 is 2.69 bits per heavy atom. The molecule has 0 amide bonds. The molecule has 1 aliphatic rings. The third kappa shape index (κ3) is 3.55. The van der Waals surface area contributed by atoms with Gasteiger partial charge in [-0.2, -0.15) is 0 Å². The fourth-order valence-corrected chi connectivity index (χ4v) is 4.03. The van der Waals surface area contributed by atoms with Gasteiger partial charge in [-0.1, -0.05) is 0 Å². The van der Waals surface area contributed by atoms with E-state index in [0.29, 0.717) is 34.1 Å². The van der Waals surface area contributed by atoms with Crippen LogP contribution < -0.4 is 10.5 Å². The maximum Gasteiger partial charge on any atom is 0.179 e. The van der Waals surface area contributed by atoms with Crippen LogP contribution in [-0.2, 0) is 16.0 Å². The standard InChI is InChI=1S/C21H25N5O3/c1-12(22)21(13(2)27)15-9-16-17(10-18(15)28-3)26-19(24-25-20(26)11-23-16)8-14-4-6-29-7-5-14/h9-11,14H,4-8,22H2,1-3H3. The first kappa shape index (κ1) is 19.3. The van der Waals surface area contributed by atoms with Crippen LogP contribution in [0, 0.1) is 5.92 Å². The molecule has 0 unspecified atom stereocenters. The second-order valence-corrected chi connectivity index (χ2v) is 7.48. The summed E-state index contributed by atoms with van der Waals surface area (Å²) in [7, 11) is 1.58. The van der Waals surface area contributed by atoms with Gasteiger partial charge in [0.1, 0.15) is 11.6 Å². The number of Topliss-reactive ketones (excluding diaryl/α,β-unsaturated/α-hetero) is 1. The van der Waals surface area contributed by atoms with Crippen LogP contribution in [-0.4, -0.2) is 45.7 Å². The van der Waals surface area contributed by atoms with Crippen LogP contribution in [0.15, 0.2) is 24.0 Å². The lowest BCUT2D eigenvalue weighted by Gasteiger charge is -2.21. The van der Waals surface area contributed by atoms with Crippen LogP contribution in [0.5, 0.6) is 5.75 Å². The SMILES string of the molecule is COc1cc2c(cc1C(C(C)=O)=C(C)N)ncc1nnc(CC3CCOCC3)n12. The molecular formula is C21H25N5O3. The number of aromatic nitrogens is 4. The molecule has 1 fully saturated rings. The number of hydrogen-bond donors (Lipinski definition) is 1. The highest BCUT2D eigenvalue weighted by Gasteiger charge is 2.21. The van der Waals surface area contributed by atoms with Crippen molar-refractivity contribution in [3.63, 3.8) is 0 Å². The number of methoxy groups -OCH3 is 1. The van der Waals surface area contributed by atoms with Gasteiger partial charge in [0.05, 0.1) is 24.3 Å². The summed E-state index contributed by atoms with van der Waals surface area (Å²) in [5.41, 5.74) is 9.76. The molecule has 0 aliphatic carbocycles. The number of carbonyl (C=O) groups excluding carboxylic acids is 1. The van der Waals surface area contributed by atoms with E-state index in [0.717, 1.165) is 49.3 Å². The van der Waals surface area contributed by atoms with Crippen LogP contribution in [0.1, 0.15) is 38.1 Å². The van der Waals surface area contributed by atoms with Gasteiger partial charge in [-0.3, -0.25) is 14.2 Å². The monoisotopic (exact) mass is 395 g/mol. The molecule has 0 saturated carbocycles. The van der Waals surface area contributed by atoms with E-state index < -0.39 is 0 Å². The van der Waals surface area contributed by atoms with Crippen molar-refractivity contribution in [2.24, 2.45) is 11.7 Å². The maximum absolute atomic E-state index is 12.2. The molecule has 1 aromatic carbocycles. The topological polar surface area (TPSA) is 105 Å². The third-order valence-corrected chi connectivity index (χ3v) is 5.44. The van der Waals surface area contributed by atoms with Gasteiger partial charge < -0.3 is 15.2 Å². The van der Waals surface area contributed by atoms with E-state index in [-0.39, 0.29) is 5.78 Å². The lowest BCUT2D eigenvalue weighted by Crippen LogP contribution is -2.18. The molecule has 2 N–H and O–H groups in total. The molecule has 8 nitrogen and oxygen atoms in total. The zero-order valence-corrected chi connectivity index (χ0v) is 16.9. The van der Waals surface area contributed by atoms with Crippen molar-refractivity contribution >= 4 is 28.0 Å². The zero-order valence-electron chi connectivity index (χ0n) is 16.9. The molecule has 8 heteroatoms. The van der Waals surface area contributed by atoms with E-state index in [1.807, 2.05) is 16.5 Å². The number of fused-ring (bicyclic) bond motifs is 3. The number of nitrogens with zero attached hydrogens (tertiary/aromatic N) is 4. The average molecular weight is 395 g/mol. The number of nitrogens with two attached hydrogens (primary N) is 1. The van der Waals surface area contributed by atoms with Crippen molar-refractivity contribution in [1.29, 1.82) is 0 Å². The summed E-state index contributed by atoms with van der Waals surface area (Å²) in [6, 6.07) is 3.73. The summed E-state index contributed by atoms with van der Waals surface area (Å²) in [6.07, 6.45) is 4.57. The summed E-state index contributed by atoms with van der Waals surface area (Å²) >= 11 is 0. The molecule has 1 saturated heterocycles. The van der Waals surface area contributed by atoms with Crippen LogP contribution in [0.3, 0.4) is 0 Å². The summed E-state index contributed by atoms with van der Waals surface area (Å²) in [5, 5.41) is 8.72. The smallest absolute Gasteiger partial charge is 0.179 e. The molecule has 1 aliphatic heterocycles. The molecule has 0 bridgehead atoms. The molecule has 152 valence electrons. The molecule has 3 heterocycles. The second kappa shape index (κ2) is 7.79. The van der Waals surface area contributed by atoms with Crippen molar-refractivity contribution in [3.05, 3.63) is 35.4 Å². The minimum atomic E-state index is -0.117. The van der Waals surface area contributed by atoms with Gasteiger partial charge in [0.25, 0.3) is 0 Å². The van der Waals surface area contributed by atoms with E-state index in [1.165, 1.54) is 6.92 Å². The van der Waals surface area contributed by atoms with Crippen LogP contribution in [0.25, 0.3) is 22.3 Å². The Labute approximate surface area is 168 Å². The number of hydrogen-bond acceptors (Lipinski definition) is 7. The number of ether oxygens (including phenoxy) is 2. The van der Waals surface area contributed by atoms with Gasteiger partial charge in [0.2, 0.25) is 0 Å². The van der Waals surface area contributed by atoms with E-state index in [9.17, 15) is 4.79 Å². The van der Waals surface area contributed by atoms with E-state index in [4.69, 9.17) is 15.2 Å². The van der Waals surface area contributed by atoms with Crippen molar-refractivity contribution in [3.8, 4) is 5.75 Å². The van der Waals surface area contributed by atoms with E-state index in [2.05, 4.69) is 15.2 Å². The van der Waals surface area contributed by atoms with Crippen molar-refractivity contribution in [2.75, 3.05) is 20.3 Å². The number of rotatable bonds is 5. The largest absolute Gasteiger partial charge is 0.496 e. The molecule has 0 spiro atoms. The highest BCUT2D eigenvalue weighted by Crippen LogP contribution is 2.33. The van der Waals surface area contributed by atoms with Crippen LogP contribution in [0.2, 0.25) is 0 Å². The highest BCUT2D eigenvalue weighted by molar-refractivity contribution is 6.21. The van der Waals surface area contributed by atoms with Crippen molar-refractivity contribution in [2.45, 2.75) is 33.1 Å². The van der Waals surface area contributed by atoms with Gasteiger partial charge >= 0.3 is 0 Å². The second-order valence-electron chi connectivity index (χ2n) is 7.48. The molecule has 2 aromatic heterocycles. The average Bonchev–Trinajstić information content (AvgIpc) is 3.11. The van der Waals surface area contributed by atoms with Gasteiger partial charge in [0.15, 0.2) is 11.4 Å². The van der Waals surface area contributed by atoms with E-state index >= 15 is 0 Å². The van der Waals surface area contributed by atoms with Crippen molar-refractivity contribution < 1.29 is 14.3 Å². The number of carbonyl (C=O) groups is 1. The lowest BCUT2D eigenvalue weighted by molar-refractivity contribution is -0.111. The summed E-state index contributed by atoms with van der Waals surface area (Å²) in [4.78, 5) is 16.7. The number of benzene rings is 1. The predicted molar refractivity (Wildman–Crippen MR) is 110 cm³/mol. The fraction of sp³-hybridized carbons (Fsp3) is 0.429. The molecule has 3 aromatic rings.